The van der Waals surface area contributed by atoms with Gasteiger partial charge in [0.05, 0.1) is 38.4 Å². The van der Waals surface area contributed by atoms with Crippen LogP contribution in [0.2, 0.25) is 0 Å². The van der Waals surface area contributed by atoms with Crippen LogP contribution in [-0.4, -0.2) is 36.8 Å². The number of aromatic nitrogens is 1. The first kappa shape index (κ1) is 15.6. The van der Waals surface area contributed by atoms with Crippen molar-refractivity contribution in [2.75, 3.05) is 26.7 Å². The summed E-state index contributed by atoms with van der Waals surface area (Å²) in [5.74, 6) is 2.13. The molecule has 0 amide bonds. The van der Waals surface area contributed by atoms with Gasteiger partial charge in [0.25, 0.3) is 0 Å². The number of piperidine rings is 3. The Bertz CT molecular complexity index is 760. The number of pyridine rings is 1. The molecule has 1 unspecified atom stereocenters. The molecule has 2 N–H and O–H groups in total. The van der Waals surface area contributed by atoms with E-state index < -0.39 is 6.10 Å². The molecule has 3 aliphatic heterocycles. The van der Waals surface area contributed by atoms with E-state index in [4.69, 9.17) is 4.74 Å². The molecule has 2 bridgehead atoms. The average molecular weight is 325 g/mol. The number of fused-ring (bicyclic) bond motifs is 4. The van der Waals surface area contributed by atoms with Gasteiger partial charge in [0.15, 0.2) is 0 Å². The molecular weight excluding hydrogens is 300 g/mol. The van der Waals surface area contributed by atoms with E-state index in [0.717, 1.165) is 28.8 Å². The lowest BCUT2D eigenvalue weighted by Gasteiger charge is -2.47. The molecule has 3 aliphatic rings. The molecule has 0 aliphatic carbocycles. The Morgan fingerprint density at radius 1 is 1.38 bits per heavy atom. The predicted molar refractivity (Wildman–Crippen MR) is 94.1 cm³/mol. The van der Waals surface area contributed by atoms with E-state index >= 15 is 0 Å². The zero-order valence-electron chi connectivity index (χ0n) is 14.1. The highest BCUT2D eigenvalue weighted by Gasteiger charge is 2.46. The lowest BCUT2D eigenvalue weighted by molar-refractivity contribution is -0.925. The van der Waals surface area contributed by atoms with Gasteiger partial charge in [0.2, 0.25) is 0 Å². The lowest BCUT2D eigenvalue weighted by atomic mass is 9.69. The number of nitrogens with one attached hydrogen (secondary N) is 1. The Balaban J connectivity index is 1.73. The summed E-state index contributed by atoms with van der Waals surface area (Å²) < 4.78 is 5.36. The largest absolute Gasteiger partial charge is 0.497 e. The minimum absolute atomic E-state index is 0.280. The standard InChI is InChI=1S/C20H24N2O2/c1-3-13-11-22-9-7-15(13)18(12-22)20(23)16-6-8-21-19-5-4-14(24-2)10-17(16)19/h3-6,8,10,13,15,18,20,23H,1,7,9,11-12H2,2H3/p+1/t13-,15+,18-,20+/m1/s1. The second-order valence-electron chi connectivity index (χ2n) is 7.15. The van der Waals surface area contributed by atoms with Crippen molar-refractivity contribution in [1.82, 2.24) is 4.98 Å². The fraction of sp³-hybridized carbons (Fsp3) is 0.450. The summed E-state index contributed by atoms with van der Waals surface area (Å²) in [6, 6.07) is 7.82. The molecule has 0 spiro atoms. The molecule has 0 saturated carbocycles. The number of quaternary nitrogens is 1. The van der Waals surface area contributed by atoms with E-state index in [0.29, 0.717) is 11.8 Å². The van der Waals surface area contributed by atoms with Crippen LogP contribution >= 0.6 is 0 Å². The molecule has 126 valence electrons. The number of benzene rings is 1. The van der Waals surface area contributed by atoms with Gasteiger partial charge in [-0.3, -0.25) is 4.98 Å². The minimum atomic E-state index is -0.467. The third-order valence-corrected chi connectivity index (χ3v) is 5.99. The van der Waals surface area contributed by atoms with Gasteiger partial charge in [-0.1, -0.05) is 6.08 Å². The molecule has 5 atom stereocenters. The maximum atomic E-state index is 11.2. The zero-order valence-corrected chi connectivity index (χ0v) is 14.1. The first-order chi connectivity index (χ1) is 11.7. The Morgan fingerprint density at radius 3 is 3.00 bits per heavy atom. The average Bonchev–Trinajstić information content (AvgIpc) is 2.66. The summed E-state index contributed by atoms with van der Waals surface area (Å²) in [4.78, 5) is 6.04. The van der Waals surface area contributed by atoms with E-state index in [2.05, 4.69) is 17.6 Å². The summed E-state index contributed by atoms with van der Waals surface area (Å²) >= 11 is 0. The minimum Gasteiger partial charge on any atom is -0.497 e. The second kappa shape index (κ2) is 6.19. The van der Waals surface area contributed by atoms with Crippen LogP contribution in [-0.2, 0) is 0 Å². The number of aliphatic hydroxyl groups is 1. The quantitative estimate of drug-likeness (QED) is 0.840. The van der Waals surface area contributed by atoms with E-state index in [9.17, 15) is 5.11 Å². The second-order valence-corrected chi connectivity index (χ2v) is 7.15. The Kier molecular flexibility index (Phi) is 4.02. The predicted octanol–water partition coefficient (Wildman–Crippen LogP) is 1.61. The van der Waals surface area contributed by atoms with E-state index in [1.807, 2.05) is 24.3 Å². The number of ether oxygens (including phenoxy) is 1. The molecular formula is C20H25N2O2+. The van der Waals surface area contributed by atoms with Crippen molar-refractivity contribution < 1.29 is 14.7 Å². The summed E-state index contributed by atoms with van der Waals surface area (Å²) in [6.07, 6.45) is 4.61. The van der Waals surface area contributed by atoms with Crippen LogP contribution in [0.3, 0.4) is 0 Å². The Labute approximate surface area is 142 Å². The van der Waals surface area contributed by atoms with Gasteiger partial charge >= 0.3 is 0 Å². The van der Waals surface area contributed by atoms with Gasteiger partial charge in [-0.2, -0.15) is 0 Å². The lowest BCUT2D eigenvalue weighted by Crippen LogP contribution is -3.17. The van der Waals surface area contributed by atoms with Crippen molar-refractivity contribution in [3.8, 4) is 5.75 Å². The molecule has 2 aromatic rings. The number of hydrogen-bond donors (Lipinski definition) is 2. The molecule has 4 nitrogen and oxygen atoms in total. The van der Waals surface area contributed by atoms with E-state index in [1.54, 1.807) is 18.2 Å². The molecule has 24 heavy (non-hydrogen) atoms. The molecule has 3 saturated heterocycles. The van der Waals surface area contributed by atoms with Gasteiger partial charge < -0.3 is 14.7 Å². The summed E-state index contributed by atoms with van der Waals surface area (Å²) in [7, 11) is 1.67. The van der Waals surface area contributed by atoms with Crippen LogP contribution in [0.4, 0.5) is 0 Å². The van der Waals surface area contributed by atoms with Crippen LogP contribution in [0, 0.1) is 17.8 Å². The molecule has 5 rings (SSSR count). The van der Waals surface area contributed by atoms with Crippen molar-refractivity contribution in [3.63, 3.8) is 0 Å². The van der Waals surface area contributed by atoms with Crippen LogP contribution in [0.15, 0.2) is 43.1 Å². The van der Waals surface area contributed by atoms with Crippen LogP contribution < -0.4 is 9.64 Å². The SMILES string of the molecule is C=C[C@@H]1C[NH+]2CC[C@@H]1[C@H]([C@@H](O)c1ccnc3ccc(OC)cc13)C2. The van der Waals surface area contributed by atoms with Crippen molar-refractivity contribution in [2.24, 2.45) is 17.8 Å². The fourth-order valence-corrected chi connectivity index (χ4v) is 4.74. The van der Waals surface area contributed by atoms with Gasteiger partial charge in [0.1, 0.15) is 5.75 Å². The number of methoxy groups -OCH3 is 1. The number of nitrogens with zero attached hydrogens (tertiary/aromatic N) is 1. The summed E-state index contributed by atoms with van der Waals surface area (Å²) in [5.41, 5.74) is 1.88. The topological polar surface area (TPSA) is 46.8 Å². The Morgan fingerprint density at radius 2 is 2.25 bits per heavy atom. The molecule has 4 heterocycles. The first-order valence-electron chi connectivity index (χ1n) is 8.78. The van der Waals surface area contributed by atoms with Gasteiger partial charge in [-0.15, -0.1) is 6.58 Å². The van der Waals surface area contributed by atoms with Gasteiger partial charge in [-0.05, 0) is 35.7 Å². The normalized spacial score (nSPS) is 30.2. The van der Waals surface area contributed by atoms with Crippen LogP contribution in [0.5, 0.6) is 5.75 Å². The zero-order chi connectivity index (χ0) is 16.7. The van der Waals surface area contributed by atoms with Crippen LogP contribution in [0.25, 0.3) is 10.9 Å². The van der Waals surface area contributed by atoms with Crippen LogP contribution in [0.1, 0.15) is 18.1 Å². The number of aliphatic hydroxyl groups excluding tert-OH is 1. The Hall–Kier alpha value is -1.91. The van der Waals surface area contributed by atoms with Crippen molar-refractivity contribution in [2.45, 2.75) is 12.5 Å². The third kappa shape index (κ3) is 2.50. The highest BCUT2D eigenvalue weighted by molar-refractivity contribution is 5.83. The molecule has 1 aromatic heterocycles. The highest BCUT2D eigenvalue weighted by Crippen LogP contribution is 2.39. The maximum absolute atomic E-state index is 11.2. The van der Waals surface area contributed by atoms with Gasteiger partial charge in [0, 0.05) is 29.8 Å². The molecule has 1 aromatic carbocycles. The molecule has 0 radical (unpaired) electrons. The highest BCUT2D eigenvalue weighted by atomic mass is 16.5. The molecule has 4 heteroatoms. The fourth-order valence-electron chi connectivity index (χ4n) is 4.74. The van der Waals surface area contributed by atoms with Crippen molar-refractivity contribution in [3.05, 3.63) is 48.7 Å². The first-order valence-corrected chi connectivity index (χ1v) is 8.78. The molecule has 3 fully saturated rings. The maximum Gasteiger partial charge on any atom is 0.119 e. The smallest absolute Gasteiger partial charge is 0.119 e. The van der Waals surface area contributed by atoms with Gasteiger partial charge in [-0.25, -0.2) is 0 Å². The van der Waals surface area contributed by atoms with E-state index in [1.165, 1.54) is 19.5 Å². The third-order valence-electron chi connectivity index (χ3n) is 5.99. The van der Waals surface area contributed by atoms with Crippen molar-refractivity contribution in [1.29, 1.82) is 0 Å². The summed E-state index contributed by atoms with van der Waals surface area (Å²) in [5, 5.41) is 12.2. The monoisotopic (exact) mass is 325 g/mol. The summed E-state index contributed by atoms with van der Waals surface area (Å²) in [6.45, 7) is 7.46. The number of rotatable bonds is 4. The van der Waals surface area contributed by atoms with Crippen molar-refractivity contribution >= 4 is 10.9 Å². The number of hydrogen-bond acceptors (Lipinski definition) is 3. The van der Waals surface area contributed by atoms with E-state index in [-0.39, 0.29) is 5.92 Å².